The number of hydrogen-bond acceptors (Lipinski definition) is 4. The van der Waals surface area contributed by atoms with Crippen LogP contribution in [0, 0.1) is 0 Å². The lowest BCUT2D eigenvalue weighted by atomic mass is 10.1. The molecular formula is C18H18FNO4. The Labute approximate surface area is 139 Å². The SMILES string of the molecule is COc1cc(OC)cc(N2CC(F)(Cc3ccccc3)OC2=O)c1. The fraction of sp³-hybridized carbons (Fsp3) is 0.278. The van der Waals surface area contributed by atoms with Gasteiger partial charge in [0.2, 0.25) is 0 Å². The summed E-state index contributed by atoms with van der Waals surface area (Å²) in [6, 6.07) is 14.0. The number of methoxy groups -OCH3 is 2. The first-order valence-corrected chi connectivity index (χ1v) is 7.49. The van der Waals surface area contributed by atoms with Gasteiger partial charge in [-0.1, -0.05) is 30.3 Å². The number of benzene rings is 2. The molecule has 24 heavy (non-hydrogen) atoms. The Bertz CT molecular complexity index is 715. The van der Waals surface area contributed by atoms with Gasteiger partial charge in [0.15, 0.2) is 0 Å². The minimum atomic E-state index is -2.07. The topological polar surface area (TPSA) is 48.0 Å². The lowest BCUT2D eigenvalue weighted by Crippen LogP contribution is -2.32. The molecule has 3 rings (SSSR count). The number of ether oxygens (including phenoxy) is 3. The van der Waals surface area contributed by atoms with Crippen LogP contribution in [0.15, 0.2) is 48.5 Å². The molecule has 1 amide bonds. The highest BCUT2D eigenvalue weighted by molar-refractivity contribution is 5.90. The Hall–Kier alpha value is -2.76. The smallest absolute Gasteiger partial charge is 0.417 e. The Balaban J connectivity index is 1.84. The van der Waals surface area contributed by atoms with E-state index >= 15 is 4.39 Å². The summed E-state index contributed by atoms with van der Waals surface area (Å²) in [5, 5.41) is 0. The van der Waals surface area contributed by atoms with Crippen molar-refractivity contribution in [3.63, 3.8) is 0 Å². The van der Waals surface area contributed by atoms with Gasteiger partial charge in [0.05, 0.1) is 26.5 Å². The Kier molecular flexibility index (Phi) is 4.29. The second-order valence-corrected chi connectivity index (χ2v) is 5.57. The minimum absolute atomic E-state index is 0.00279. The first-order chi connectivity index (χ1) is 11.5. The number of alkyl halides is 1. The molecule has 0 aromatic heterocycles. The third-order valence-electron chi connectivity index (χ3n) is 3.84. The highest BCUT2D eigenvalue weighted by Gasteiger charge is 2.46. The van der Waals surface area contributed by atoms with E-state index in [1.807, 2.05) is 18.2 Å². The molecule has 126 valence electrons. The van der Waals surface area contributed by atoms with Crippen molar-refractivity contribution in [1.29, 1.82) is 0 Å². The molecule has 1 saturated heterocycles. The van der Waals surface area contributed by atoms with Crippen molar-refractivity contribution in [3.8, 4) is 11.5 Å². The summed E-state index contributed by atoms with van der Waals surface area (Å²) in [6.45, 7) is -0.197. The van der Waals surface area contributed by atoms with E-state index in [4.69, 9.17) is 14.2 Å². The average Bonchev–Trinajstić information content (AvgIpc) is 2.89. The molecule has 1 heterocycles. The van der Waals surface area contributed by atoms with Crippen LogP contribution in [-0.4, -0.2) is 32.7 Å². The zero-order valence-electron chi connectivity index (χ0n) is 13.5. The number of cyclic esters (lactones) is 1. The molecule has 0 aliphatic carbocycles. The van der Waals surface area contributed by atoms with E-state index < -0.39 is 11.9 Å². The lowest BCUT2D eigenvalue weighted by molar-refractivity contribution is -0.0562. The van der Waals surface area contributed by atoms with Crippen LogP contribution in [0.25, 0.3) is 0 Å². The molecule has 6 heteroatoms. The van der Waals surface area contributed by atoms with Crippen molar-refractivity contribution in [2.24, 2.45) is 0 Å². The molecule has 1 aliphatic heterocycles. The van der Waals surface area contributed by atoms with Crippen LogP contribution in [-0.2, 0) is 11.2 Å². The van der Waals surface area contributed by atoms with Crippen molar-refractivity contribution in [2.75, 3.05) is 25.7 Å². The minimum Gasteiger partial charge on any atom is -0.497 e. The normalized spacial score (nSPS) is 20.0. The average molecular weight is 331 g/mol. The monoisotopic (exact) mass is 331 g/mol. The molecule has 1 fully saturated rings. The first kappa shape index (κ1) is 16.1. The van der Waals surface area contributed by atoms with Crippen LogP contribution in [0.3, 0.4) is 0 Å². The maximum absolute atomic E-state index is 15.0. The van der Waals surface area contributed by atoms with E-state index in [-0.39, 0.29) is 13.0 Å². The van der Waals surface area contributed by atoms with Crippen molar-refractivity contribution in [2.45, 2.75) is 12.3 Å². The molecule has 2 aromatic carbocycles. The maximum atomic E-state index is 15.0. The van der Waals surface area contributed by atoms with E-state index in [1.54, 1.807) is 30.3 Å². The quantitative estimate of drug-likeness (QED) is 0.840. The number of nitrogens with zero attached hydrogens (tertiary/aromatic N) is 1. The van der Waals surface area contributed by atoms with Crippen molar-refractivity contribution < 1.29 is 23.4 Å². The molecule has 0 radical (unpaired) electrons. The first-order valence-electron chi connectivity index (χ1n) is 7.49. The van der Waals surface area contributed by atoms with Gasteiger partial charge in [-0.2, -0.15) is 4.39 Å². The summed E-state index contributed by atoms with van der Waals surface area (Å²) in [7, 11) is 3.02. The fourth-order valence-corrected chi connectivity index (χ4v) is 2.68. The molecule has 1 atom stereocenters. The van der Waals surface area contributed by atoms with E-state index in [0.29, 0.717) is 17.2 Å². The number of carbonyl (C=O) groups excluding carboxylic acids is 1. The van der Waals surface area contributed by atoms with Crippen molar-refractivity contribution in [3.05, 3.63) is 54.1 Å². The van der Waals surface area contributed by atoms with Crippen LogP contribution in [0.1, 0.15) is 5.56 Å². The Morgan fingerprint density at radius 1 is 1.12 bits per heavy atom. The van der Waals surface area contributed by atoms with Crippen LogP contribution >= 0.6 is 0 Å². The van der Waals surface area contributed by atoms with Gasteiger partial charge in [-0.15, -0.1) is 0 Å². The highest BCUT2D eigenvalue weighted by atomic mass is 19.2. The number of anilines is 1. The molecule has 0 saturated carbocycles. The third kappa shape index (κ3) is 3.27. The number of hydrogen-bond donors (Lipinski definition) is 0. The number of carbonyl (C=O) groups is 1. The van der Waals surface area contributed by atoms with Gasteiger partial charge in [-0.05, 0) is 5.56 Å². The van der Waals surface area contributed by atoms with Crippen LogP contribution in [0.4, 0.5) is 14.9 Å². The molecule has 1 unspecified atom stereocenters. The Morgan fingerprint density at radius 2 is 1.75 bits per heavy atom. The molecule has 0 bridgehead atoms. The van der Waals surface area contributed by atoms with Crippen molar-refractivity contribution >= 4 is 11.8 Å². The standard InChI is InChI=1S/C18H18FNO4/c1-22-15-8-14(9-16(10-15)23-2)20-12-18(19,24-17(20)21)11-13-6-4-3-5-7-13/h3-10H,11-12H2,1-2H3. The maximum Gasteiger partial charge on any atom is 0.417 e. The van der Waals surface area contributed by atoms with Gasteiger partial charge in [-0.3, -0.25) is 4.90 Å². The predicted octanol–water partition coefficient (Wildman–Crippen LogP) is 3.57. The molecular weight excluding hydrogens is 313 g/mol. The predicted molar refractivity (Wildman–Crippen MR) is 87.4 cm³/mol. The van der Waals surface area contributed by atoms with E-state index in [2.05, 4.69) is 0 Å². The summed E-state index contributed by atoms with van der Waals surface area (Å²) in [4.78, 5) is 13.4. The van der Waals surface area contributed by atoms with E-state index in [1.165, 1.54) is 19.1 Å². The summed E-state index contributed by atoms with van der Waals surface area (Å²) in [5.74, 6) is -1.05. The zero-order valence-corrected chi connectivity index (χ0v) is 13.5. The largest absolute Gasteiger partial charge is 0.497 e. The fourth-order valence-electron chi connectivity index (χ4n) is 2.68. The third-order valence-corrected chi connectivity index (χ3v) is 3.84. The van der Waals surface area contributed by atoms with Gasteiger partial charge >= 0.3 is 6.09 Å². The van der Waals surface area contributed by atoms with Crippen molar-refractivity contribution in [1.82, 2.24) is 0 Å². The molecule has 5 nitrogen and oxygen atoms in total. The van der Waals surface area contributed by atoms with Gasteiger partial charge in [0, 0.05) is 24.6 Å². The van der Waals surface area contributed by atoms with E-state index in [0.717, 1.165) is 5.56 Å². The lowest BCUT2D eigenvalue weighted by Gasteiger charge is -2.18. The molecule has 2 aromatic rings. The van der Waals surface area contributed by atoms with Gasteiger partial charge < -0.3 is 14.2 Å². The molecule has 1 aliphatic rings. The summed E-state index contributed by atoms with van der Waals surface area (Å²) < 4.78 is 30.4. The van der Waals surface area contributed by atoms with Crippen LogP contribution < -0.4 is 14.4 Å². The summed E-state index contributed by atoms with van der Waals surface area (Å²) in [5.41, 5.74) is 1.22. The second-order valence-electron chi connectivity index (χ2n) is 5.57. The van der Waals surface area contributed by atoms with Crippen LogP contribution in [0.2, 0.25) is 0 Å². The Morgan fingerprint density at radius 3 is 2.33 bits per heavy atom. The van der Waals surface area contributed by atoms with E-state index in [9.17, 15) is 4.79 Å². The van der Waals surface area contributed by atoms with Crippen LogP contribution in [0.5, 0.6) is 11.5 Å². The molecule has 0 N–H and O–H groups in total. The number of rotatable bonds is 5. The number of halogens is 1. The summed E-state index contributed by atoms with van der Waals surface area (Å²) in [6.07, 6.45) is -0.735. The highest BCUT2D eigenvalue weighted by Crippen LogP contribution is 2.35. The van der Waals surface area contributed by atoms with Gasteiger partial charge in [-0.25, -0.2) is 4.79 Å². The zero-order chi connectivity index (χ0) is 17.2. The van der Waals surface area contributed by atoms with Gasteiger partial charge in [0.1, 0.15) is 11.5 Å². The second kappa shape index (κ2) is 6.39. The molecule has 0 spiro atoms. The summed E-state index contributed by atoms with van der Waals surface area (Å²) >= 11 is 0. The van der Waals surface area contributed by atoms with Gasteiger partial charge in [0.25, 0.3) is 5.85 Å². The number of amides is 1.